The first-order valence-electron chi connectivity index (χ1n) is 7.10. The number of furan rings is 1. The molecular formula is C14H21N3O4. The van der Waals surface area contributed by atoms with Crippen LogP contribution in [0.4, 0.5) is 0 Å². The Morgan fingerprint density at radius 2 is 2.43 bits per heavy atom. The number of nitrogens with one attached hydrogen (secondary N) is 1. The number of carbonyl (C=O) groups is 1. The molecule has 7 heteroatoms. The quantitative estimate of drug-likeness (QED) is 0.462. The van der Waals surface area contributed by atoms with E-state index in [2.05, 4.69) is 10.3 Å². The van der Waals surface area contributed by atoms with Crippen molar-refractivity contribution in [3.05, 3.63) is 23.7 Å². The number of esters is 1. The molecule has 1 aliphatic rings. The minimum atomic E-state index is -0.475. The number of hydrogen-bond donors (Lipinski definition) is 2. The highest BCUT2D eigenvalue weighted by Crippen LogP contribution is 2.11. The van der Waals surface area contributed by atoms with Gasteiger partial charge in [-0.05, 0) is 31.9 Å². The van der Waals surface area contributed by atoms with Crippen LogP contribution in [0.5, 0.6) is 0 Å². The monoisotopic (exact) mass is 295 g/mol. The smallest absolute Gasteiger partial charge is 0.374 e. The second-order valence-electron chi connectivity index (χ2n) is 4.70. The fourth-order valence-electron chi connectivity index (χ4n) is 2.02. The van der Waals surface area contributed by atoms with Crippen molar-refractivity contribution in [2.24, 2.45) is 10.7 Å². The Labute approximate surface area is 123 Å². The molecule has 1 fully saturated rings. The molecule has 0 radical (unpaired) electrons. The number of nitrogens with two attached hydrogens (primary N) is 1. The molecule has 7 nitrogen and oxygen atoms in total. The Morgan fingerprint density at radius 1 is 1.57 bits per heavy atom. The average molecular weight is 295 g/mol. The summed E-state index contributed by atoms with van der Waals surface area (Å²) in [4.78, 5) is 15.6. The number of rotatable bonds is 6. The van der Waals surface area contributed by atoms with E-state index in [0.29, 0.717) is 24.9 Å². The zero-order valence-corrected chi connectivity index (χ0v) is 12.1. The molecule has 2 heterocycles. The molecule has 1 aromatic rings. The van der Waals surface area contributed by atoms with Crippen LogP contribution in [-0.4, -0.2) is 37.8 Å². The number of ether oxygens (including phenoxy) is 2. The van der Waals surface area contributed by atoms with Gasteiger partial charge in [-0.3, -0.25) is 0 Å². The van der Waals surface area contributed by atoms with E-state index >= 15 is 0 Å². The van der Waals surface area contributed by atoms with Crippen LogP contribution < -0.4 is 11.1 Å². The predicted octanol–water partition coefficient (Wildman–Crippen LogP) is 1.04. The van der Waals surface area contributed by atoms with Crippen LogP contribution in [0.1, 0.15) is 36.1 Å². The van der Waals surface area contributed by atoms with Crippen molar-refractivity contribution in [2.75, 3.05) is 19.8 Å². The third-order valence-electron chi connectivity index (χ3n) is 3.08. The average Bonchev–Trinajstić information content (AvgIpc) is 3.14. The van der Waals surface area contributed by atoms with Gasteiger partial charge in [0.1, 0.15) is 12.3 Å². The lowest BCUT2D eigenvalue weighted by Crippen LogP contribution is -2.37. The molecule has 1 saturated heterocycles. The molecule has 0 aliphatic carbocycles. The lowest BCUT2D eigenvalue weighted by Gasteiger charge is -2.10. The van der Waals surface area contributed by atoms with Crippen molar-refractivity contribution >= 4 is 11.9 Å². The molecule has 1 aromatic heterocycles. The first-order valence-corrected chi connectivity index (χ1v) is 7.10. The van der Waals surface area contributed by atoms with Crippen molar-refractivity contribution in [3.63, 3.8) is 0 Å². The maximum Gasteiger partial charge on any atom is 0.374 e. The number of guanidine groups is 1. The van der Waals surface area contributed by atoms with E-state index in [1.165, 1.54) is 0 Å². The zero-order chi connectivity index (χ0) is 15.1. The lowest BCUT2D eigenvalue weighted by molar-refractivity contribution is 0.0488. The molecule has 1 unspecified atom stereocenters. The minimum absolute atomic E-state index is 0.174. The summed E-state index contributed by atoms with van der Waals surface area (Å²) in [5, 5.41) is 3.01. The van der Waals surface area contributed by atoms with E-state index < -0.39 is 5.97 Å². The number of hydrogen-bond acceptors (Lipinski definition) is 5. The second kappa shape index (κ2) is 7.68. The third kappa shape index (κ3) is 4.78. The predicted molar refractivity (Wildman–Crippen MR) is 77.0 cm³/mol. The first kappa shape index (κ1) is 15.4. The van der Waals surface area contributed by atoms with Gasteiger partial charge in [0.15, 0.2) is 5.96 Å². The Hall–Kier alpha value is -2.02. The van der Waals surface area contributed by atoms with Crippen molar-refractivity contribution < 1.29 is 18.7 Å². The van der Waals surface area contributed by atoms with Crippen molar-refractivity contribution in [2.45, 2.75) is 32.4 Å². The van der Waals surface area contributed by atoms with Gasteiger partial charge in [0.25, 0.3) is 0 Å². The molecule has 21 heavy (non-hydrogen) atoms. The molecule has 1 atom stereocenters. The summed E-state index contributed by atoms with van der Waals surface area (Å²) >= 11 is 0. The highest BCUT2D eigenvalue weighted by Gasteiger charge is 2.15. The Kier molecular flexibility index (Phi) is 5.62. The van der Waals surface area contributed by atoms with E-state index in [4.69, 9.17) is 19.6 Å². The fourth-order valence-corrected chi connectivity index (χ4v) is 2.02. The molecule has 0 amide bonds. The van der Waals surface area contributed by atoms with Gasteiger partial charge in [0.05, 0.1) is 12.7 Å². The Bertz CT molecular complexity index is 492. The third-order valence-corrected chi connectivity index (χ3v) is 3.08. The van der Waals surface area contributed by atoms with Crippen molar-refractivity contribution in [1.29, 1.82) is 0 Å². The van der Waals surface area contributed by atoms with Crippen LogP contribution in [0, 0.1) is 0 Å². The maximum atomic E-state index is 11.4. The van der Waals surface area contributed by atoms with E-state index in [0.717, 1.165) is 19.4 Å². The summed E-state index contributed by atoms with van der Waals surface area (Å²) in [5.74, 6) is 0.588. The van der Waals surface area contributed by atoms with Crippen molar-refractivity contribution in [1.82, 2.24) is 5.32 Å². The van der Waals surface area contributed by atoms with Crippen LogP contribution in [0.25, 0.3) is 0 Å². The normalized spacial score (nSPS) is 18.7. The molecule has 116 valence electrons. The van der Waals surface area contributed by atoms with Gasteiger partial charge in [-0.25, -0.2) is 9.79 Å². The molecule has 2 rings (SSSR count). The fraction of sp³-hybridized carbons (Fsp3) is 0.571. The number of nitrogens with zero attached hydrogens (tertiary/aromatic N) is 1. The maximum absolute atomic E-state index is 11.4. The van der Waals surface area contributed by atoms with E-state index in [9.17, 15) is 4.79 Å². The second-order valence-corrected chi connectivity index (χ2v) is 4.70. The number of aliphatic imine (C=N–C) groups is 1. The first-order chi connectivity index (χ1) is 10.2. The molecule has 3 N–H and O–H groups in total. The molecule has 0 saturated carbocycles. The highest BCUT2D eigenvalue weighted by atomic mass is 16.5. The van der Waals surface area contributed by atoms with Crippen LogP contribution in [0.2, 0.25) is 0 Å². The summed E-state index contributed by atoms with van der Waals surface area (Å²) in [6.45, 7) is 3.79. The van der Waals surface area contributed by atoms with E-state index in [-0.39, 0.29) is 18.4 Å². The van der Waals surface area contributed by atoms with E-state index in [1.807, 2.05) is 0 Å². The number of carbonyl (C=O) groups excluding carboxylic acids is 1. The van der Waals surface area contributed by atoms with Crippen LogP contribution in [0.15, 0.2) is 21.5 Å². The van der Waals surface area contributed by atoms with Gasteiger partial charge < -0.3 is 24.9 Å². The summed E-state index contributed by atoms with van der Waals surface area (Å²) in [6.07, 6.45) is 2.34. The summed E-state index contributed by atoms with van der Waals surface area (Å²) in [5.41, 5.74) is 5.76. The van der Waals surface area contributed by atoms with Gasteiger partial charge in [0.2, 0.25) is 5.76 Å². The molecular weight excluding hydrogens is 274 g/mol. The molecule has 1 aliphatic heterocycles. The van der Waals surface area contributed by atoms with Gasteiger partial charge in [-0.15, -0.1) is 0 Å². The zero-order valence-electron chi connectivity index (χ0n) is 12.1. The largest absolute Gasteiger partial charge is 0.460 e. The topological polar surface area (TPSA) is 99.1 Å². The van der Waals surface area contributed by atoms with Crippen LogP contribution in [0.3, 0.4) is 0 Å². The van der Waals surface area contributed by atoms with Gasteiger partial charge in [-0.1, -0.05) is 0 Å². The summed E-state index contributed by atoms with van der Waals surface area (Å²) < 4.78 is 15.7. The van der Waals surface area contributed by atoms with Crippen LogP contribution >= 0.6 is 0 Å². The minimum Gasteiger partial charge on any atom is -0.460 e. The van der Waals surface area contributed by atoms with E-state index in [1.54, 1.807) is 19.1 Å². The SMILES string of the molecule is CCOC(=O)c1ccc(CN=C(N)NCC2CCCO2)o1. The standard InChI is InChI=1S/C14H21N3O4/c1-2-19-13(18)12-6-5-11(21-12)9-17-14(15)16-8-10-4-3-7-20-10/h5-6,10H,2-4,7-9H2,1H3,(H3,15,16,17). The summed E-state index contributed by atoms with van der Waals surface area (Å²) in [7, 11) is 0. The summed E-state index contributed by atoms with van der Waals surface area (Å²) in [6, 6.07) is 3.25. The highest BCUT2D eigenvalue weighted by molar-refractivity contribution is 5.86. The lowest BCUT2D eigenvalue weighted by atomic mass is 10.2. The van der Waals surface area contributed by atoms with Gasteiger partial charge in [-0.2, -0.15) is 0 Å². The Morgan fingerprint density at radius 3 is 3.14 bits per heavy atom. The Balaban J connectivity index is 1.78. The molecule has 0 spiro atoms. The van der Waals surface area contributed by atoms with Gasteiger partial charge >= 0.3 is 5.97 Å². The van der Waals surface area contributed by atoms with Crippen molar-refractivity contribution in [3.8, 4) is 0 Å². The molecule has 0 aromatic carbocycles. The van der Waals surface area contributed by atoms with Crippen LogP contribution in [-0.2, 0) is 16.0 Å². The molecule has 0 bridgehead atoms. The van der Waals surface area contributed by atoms with Gasteiger partial charge in [0, 0.05) is 13.2 Å².